The van der Waals surface area contributed by atoms with Crippen LogP contribution < -0.4 is 4.90 Å². The molecule has 26 heavy (non-hydrogen) atoms. The minimum atomic E-state index is -0.243. The Bertz CT molecular complexity index is 877. The van der Waals surface area contributed by atoms with E-state index in [1.807, 2.05) is 27.8 Å². The van der Waals surface area contributed by atoms with Crippen molar-refractivity contribution in [3.8, 4) is 11.3 Å². The predicted molar refractivity (Wildman–Crippen MR) is 105 cm³/mol. The molecule has 1 aliphatic rings. The van der Waals surface area contributed by atoms with E-state index < -0.39 is 0 Å². The Kier molecular flexibility index (Phi) is 4.99. The van der Waals surface area contributed by atoms with Crippen LogP contribution in [0.2, 0.25) is 0 Å². The number of halogens is 1. The van der Waals surface area contributed by atoms with Crippen LogP contribution >= 0.6 is 22.7 Å². The molecular weight excluding hydrogens is 369 g/mol. The van der Waals surface area contributed by atoms with Crippen molar-refractivity contribution in [3.63, 3.8) is 0 Å². The summed E-state index contributed by atoms with van der Waals surface area (Å²) in [7, 11) is 0. The van der Waals surface area contributed by atoms with E-state index in [-0.39, 0.29) is 11.7 Å². The Morgan fingerprint density at radius 2 is 1.88 bits per heavy atom. The summed E-state index contributed by atoms with van der Waals surface area (Å²) in [4.78, 5) is 22.2. The lowest BCUT2D eigenvalue weighted by atomic mass is 10.2. The molecule has 1 saturated heterocycles. The SMILES string of the molecule is O=C(c1cccs1)N1CCCN(c2nc(-c3ccc(F)cc3)cs2)CC1. The van der Waals surface area contributed by atoms with Gasteiger partial charge in [-0.25, -0.2) is 9.37 Å². The maximum atomic E-state index is 13.1. The Labute approximate surface area is 159 Å². The Morgan fingerprint density at radius 1 is 1.04 bits per heavy atom. The number of anilines is 1. The van der Waals surface area contributed by atoms with Gasteiger partial charge in [0.05, 0.1) is 10.6 Å². The Morgan fingerprint density at radius 3 is 2.65 bits per heavy atom. The first-order valence-electron chi connectivity index (χ1n) is 8.50. The van der Waals surface area contributed by atoms with E-state index in [9.17, 15) is 9.18 Å². The van der Waals surface area contributed by atoms with Crippen LogP contribution in [-0.4, -0.2) is 42.0 Å². The average Bonchev–Trinajstić information content (AvgIpc) is 3.30. The van der Waals surface area contributed by atoms with Crippen LogP contribution in [-0.2, 0) is 0 Å². The second-order valence-electron chi connectivity index (χ2n) is 6.13. The number of hydrogen-bond donors (Lipinski definition) is 0. The van der Waals surface area contributed by atoms with E-state index in [1.165, 1.54) is 23.5 Å². The zero-order chi connectivity index (χ0) is 17.9. The third-order valence-corrected chi connectivity index (χ3v) is 6.18. The van der Waals surface area contributed by atoms with Gasteiger partial charge in [-0.05, 0) is 42.1 Å². The number of thiazole rings is 1. The van der Waals surface area contributed by atoms with Crippen LogP contribution in [0.4, 0.5) is 9.52 Å². The fourth-order valence-electron chi connectivity index (χ4n) is 3.03. The number of carbonyl (C=O) groups excluding carboxylic acids is 1. The molecule has 0 radical (unpaired) electrons. The van der Waals surface area contributed by atoms with Gasteiger partial charge in [-0.2, -0.15) is 0 Å². The monoisotopic (exact) mass is 387 g/mol. The number of benzene rings is 1. The molecular formula is C19H18FN3OS2. The zero-order valence-electron chi connectivity index (χ0n) is 14.1. The normalized spacial score (nSPS) is 15.1. The summed E-state index contributed by atoms with van der Waals surface area (Å²) in [6, 6.07) is 10.2. The van der Waals surface area contributed by atoms with Crippen molar-refractivity contribution in [1.82, 2.24) is 9.88 Å². The van der Waals surface area contributed by atoms with Crippen LogP contribution in [0.3, 0.4) is 0 Å². The number of rotatable bonds is 3. The number of amides is 1. The molecule has 4 nitrogen and oxygen atoms in total. The number of carbonyl (C=O) groups is 1. The van der Waals surface area contributed by atoms with Crippen molar-refractivity contribution in [2.24, 2.45) is 0 Å². The molecule has 3 heterocycles. The first kappa shape index (κ1) is 17.2. The molecule has 4 rings (SSSR count). The molecule has 1 amide bonds. The second kappa shape index (κ2) is 7.55. The van der Waals surface area contributed by atoms with Gasteiger partial charge in [0, 0.05) is 37.1 Å². The summed E-state index contributed by atoms with van der Waals surface area (Å²) in [5, 5.41) is 4.89. The summed E-state index contributed by atoms with van der Waals surface area (Å²) in [5.74, 6) is -0.125. The zero-order valence-corrected chi connectivity index (χ0v) is 15.7. The number of nitrogens with zero attached hydrogens (tertiary/aromatic N) is 3. The van der Waals surface area contributed by atoms with Crippen LogP contribution in [0.5, 0.6) is 0 Å². The fourth-order valence-corrected chi connectivity index (χ4v) is 4.61. The van der Waals surface area contributed by atoms with E-state index in [4.69, 9.17) is 4.98 Å². The van der Waals surface area contributed by atoms with E-state index in [0.717, 1.165) is 47.3 Å². The number of hydrogen-bond acceptors (Lipinski definition) is 5. The number of thiophene rings is 1. The van der Waals surface area contributed by atoms with Gasteiger partial charge in [-0.3, -0.25) is 4.79 Å². The van der Waals surface area contributed by atoms with Crippen molar-refractivity contribution in [2.75, 3.05) is 31.1 Å². The third-order valence-electron chi connectivity index (χ3n) is 4.42. The highest BCUT2D eigenvalue weighted by atomic mass is 32.1. The van der Waals surface area contributed by atoms with Gasteiger partial charge in [0.1, 0.15) is 5.82 Å². The minimum Gasteiger partial charge on any atom is -0.346 e. The van der Waals surface area contributed by atoms with Gasteiger partial charge in [0.15, 0.2) is 5.13 Å². The molecule has 0 unspecified atom stereocenters. The fraction of sp³-hybridized carbons (Fsp3) is 0.263. The van der Waals surface area contributed by atoms with E-state index >= 15 is 0 Å². The van der Waals surface area contributed by atoms with Crippen LogP contribution in [0.25, 0.3) is 11.3 Å². The van der Waals surface area contributed by atoms with Crippen molar-refractivity contribution < 1.29 is 9.18 Å². The van der Waals surface area contributed by atoms with E-state index in [2.05, 4.69) is 4.90 Å². The standard InChI is InChI=1S/C19H18FN3OS2/c20-15-6-4-14(5-7-15)16-13-26-19(21-16)23-9-2-8-22(10-11-23)18(24)17-3-1-12-25-17/h1,3-7,12-13H,2,8-11H2. The van der Waals surface area contributed by atoms with Gasteiger partial charge in [0.25, 0.3) is 5.91 Å². The minimum absolute atomic E-state index is 0.119. The molecule has 0 aliphatic carbocycles. The summed E-state index contributed by atoms with van der Waals surface area (Å²) < 4.78 is 13.1. The van der Waals surface area contributed by atoms with E-state index in [1.54, 1.807) is 23.5 Å². The van der Waals surface area contributed by atoms with Crippen molar-refractivity contribution in [3.05, 3.63) is 57.9 Å². The molecule has 0 spiro atoms. The van der Waals surface area contributed by atoms with E-state index in [0.29, 0.717) is 6.54 Å². The van der Waals surface area contributed by atoms with Crippen molar-refractivity contribution in [1.29, 1.82) is 0 Å². The summed E-state index contributed by atoms with van der Waals surface area (Å²) >= 11 is 3.08. The smallest absolute Gasteiger partial charge is 0.263 e. The second-order valence-corrected chi connectivity index (χ2v) is 7.92. The van der Waals surface area contributed by atoms with Gasteiger partial charge < -0.3 is 9.80 Å². The topological polar surface area (TPSA) is 36.4 Å². The quantitative estimate of drug-likeness (QED) is 0.670. The molecule has 2 aromatic heterocycles. The molecule has 0 saturated carbocycles. The first-order chi connectivity index (χ1) is 12.7. The highest BCUT2D eigenvalue weighted by molar-refractivity contribution is 7.14. The van der Waals surface area contributed by atoms with Crippen molar-refractivity contribution in [2.45, 2.75) is 6.42 Å². The van der Waals surface area contributed by atoms with Crippen LogP contribution in [0, 0.1) is 5.82 Å². The summed E-state index contributed by atoms with van der Waals surface area (Å²) in [6.07, 6.45) is 0.919. The van der Waals surface area contributed by atoms with Gasteiger partial charge >= 0.3 is 0 Å². The molecule has 3 aromatic rings. The lowest BCUT2D eigenvalue weighted by Crippen LogP contribution is -2.34. The third kappa shape index (κ3) is 3.64. The molecule has 0 bridgehead atoms. The first-order valence-corrected chi connectivity index (χ1v) is 10.3. The predicted octanol–water partition coefficient (Wildman–Crippen LogP) is 4.36. The van der Waals surface area contributed by atoms with Crippen molar-refractivity contribution >= 4 is 33.7 Å². The molecule has 0 N–H and O–H groups in total. The lowest BCUT2D eigenvalue weighted by molar-refractivity contribution is 0.0772. The van der Waals surface area contributed by atoms with Gasteiger partial charge in [0.2, 0.25) is 0 Å². The largest absolute Gasteiger partial charge is 0.346 e. The molecule has 0 atom stereocenters. The molecule has 7 heteroatoms. The highest BCUT2D eigenvalue weighted by Crippen LogP contribution is 2.28. The summed E-state index contributed by atoms with van der Waals surface area (Å²) in [6.45, 7) is 3.11. The lowest BCUT2D eigenvalue weighted by Gasteiger charge is -2.21. The molecule has 1 aromatic carbocycles. The molecule has 1 aliphatic heterocycles. The van der Waals surface area contributed by atoms with Gasteiger partial charge in [-0.15, -0.1) is 22.7 Å². The molecule has 134 valence electrons. The maximum Gasteiger partial charge on any atom is 0.263 e. The Hall–Kier alpha value is -2.25. The maximum absolute atomic E-state index is 13.1. The summed E-state index contributed by atoms with van der Waals surface area (Å²) in [5.41, 5.74) is 1.78. The average molecular weight is 388 g/mol. The Balaban J connectivity index is 1.44. The highest BCUT2D eigenvalue weighted by Gasteiger charge is 2.22. The molecule has 1 fully saturated rings. The van der Waals surface area contributed by atoms with Gasteiger partial charge in [-0.1, -0.05) is 6.07 Å². The number of aromatic nitrogens is 1. The van der Waals surface area contributed by atoms with Crippen LogP contribution in [0.1, 0.15) is 16.1 Å². The van der Waals surface area contributed by atoms with Crippen LogP contribution in [0.15, 0.2) is 47.2 Å².